The van der Waals surface area contributed by atoms with Crippen LogP contribution in [-0.2, 0) is 33.2 Å². The van der Waals surface area contributed by atoms with Crippen LogP contribution in [-0.4, -0.2) is 147 Å². The van der Waals surface area contributed by atoms with Crippen molar-refractivity contribution in [1.82, 2.24) is 4.90 Å². The van der Waals surface area contributed by atoms with Gasteiger partial charge in [-0.25, -0.2) is 0 Å². The van der Waals surface area contributed by atoms with Crippen LogP contribution in [0.15, 0.2) is 0 Å². The number of aliphatic hydroxyl groups is 5. The molecule has 0 spiro atoms. The topological polar surface area (TPSA) is 203 Å². The number of cyclic esters (lactones) is 1. The highest BCUT2D eigenvalue weighted by atomic mass is 16.7. The summed E-state index contributed by atoms with van der Waals surface area (Å²) < 4.78 is 37.0. The Bertz CT molecular complexity index is 1100. The molecule has 0 amide bonds. The van der Waals surface area contributed by atoms with E-state index in [2.05, 4.69) is 0 Å². The average Bonchev–Trinajstić information content (AvgIpc) is 3.03. The van der Waals surface area contributed by atoms with E-state index in [9.17, 15) is 30.3 Å². The van der Waals surface area contributed by atoms with E-state index in [4.69, 9.17) is 34.2 Å². The molecule has 0 saturated carbocycles. The molecule has 0 aromatic rings. The summed E-state index contributed by atoms with van der Waals surface area (Å²) in [5, 5.41) is 57.4. The van der Waals surface area contributed by atoms with Crippen molar-refractivity contribution in [2.45, 2.75) is 185 Å². The van der Waals surface area contributed by atoms with Gasteiger partial charge in [0.2, 0.25) is 0 Å². The zero-order valence-electron chi connectivity index (χ0n) is 32.3. The highest BCUT2D eigenvalue weighted by Crippen LogP contribution is 2.40. The monoisotopic (exact) mass is 720 g/mol. The molecule has 50 heavy (non-hydrogen) atoms. The molecule has 14 nitrogen and oxygen atoms in total. The molecule has 3 rings (SSSR count). The van der Waals surface area contributed by atoms with E-state index in [1.807, 2.05) is 25.8 Å². The lowest BCUT2D eigenvalue weighted by Crippen LogP contribution is -2.60. The molecular formula is C36H68N2O12. The van der Waals surface area contributed by atoms with Crippen LogP contribution in [0.1, 0.15) is 94.9 Å². The summed E-state index contributed by atoms with van der Waals surface area (Å²) in [6, 6.07) is -1.17. The zero-order chi connectivity index (χ0) is 38.1. The minimum Gasteiger partial charge on any atom is -0.459 e. The Kier molecular flexibility index (Phi) is 14.7. The van der Waals surface area contributed by atoms with Crippen LogP contribution in [0.25, 0.3) is 0 Å². The number of carbonyl (C=O) groups is 1. The largest absolute Gasteiger partial charge is 0.459 e. The molecule has 3 fully saturated rings. The van der Waals surface area contributed by atoms with Crippen LogP contribution in [0.3, 0.4) is 0 Å². The van der Waals surface area contributed by atoms with Gasteiger partial charge in [-0.3, -0.25) is 4.79 Å². The summed E-state index contributed by atoms with van der Waals surface area (Å²) in [6.45, 7) is 17.8. The fraction of sp³-hybridized carbons (Fsp3) is 0.972. The Morgan fingerprint density at radius 1 is 0.960 bits per heavy atom. The number of nitrogens with two attached hydrogens (primary N) is 1. The van der Waals surface area contributed by atoms with Gasteiger partial charge in [0.15, 0.2) is 12.6 Å². The quantitative estimate of drug-likeness (QED) is 0.214. The molecule has 3 aliphatic heterocycles. The highest BCUT2D eigenvalue weighted by molar-refractivity contribution is 5.73. The molecule has 7 N–H and O–H groups in total. The Morgan fingerprint density at radius 3 is 2.16 bits per heavy atom. The standard InChI is InChI=1S/C36H68N2O12/c1-13-25-36(10,44)29(40)22(6)38(11)17-18(2)15-34(8,43)31(50-33-27(39)24(37)14-19(3)46-33)20(4)28(21(5)32(42)48-25)49-26-16-35(9,45-12)30(41)23(7)47-26/h18-31,33,39-41,43-44H,13-17,37H2,1-12H3/t18-,19+,20+,21+,22+,23-,24-,25-,26+,27+,28+,29+,30+,31-,33-,34+,35-,36-/m0/s1. The lowest BCUT2D eigenvalue weighted by atomic mass is 9.77. The minimum atomic E-state index is -1.80. The lowest BCUT2D eigenvalue weighted by molar-refractivity contribution is -0.315. The molecule has 3 heterocycles. The van der Waals surface area contributed by atoms with Crippen molar-refractivity contribution in [2.24, 2.45) is 23.5 Å². The van der Waals surface area contributed by atoms with Gasteiger partial charge in [-0.1, -0.05) is 20.8 Å². The number of aliphatic hydroxyl groups excluding tert-OH is 3. The van der Waals surface area contributed by atoms with Gasteiger partial charge < -0.3 is 64.6 Å². The molecule has 18 atom stereocenters. The highest BCUT2D eigenvalue weighted by Gasteiger charge is 2.52. The first kappa shape index (κ1) is 43.4. The fourth-order valence-corrected chi connectivity index (χ4v) is 8.28. The first-order valence-electron chi connectivity index (χ1n) is 18.3. The van der Waals surface area contributed by atoms with Gasteiger partial charge >= 0.3 is 5.97 Å². The van der Waals surface area contributed by atoms with Crippen LogP contribution >= 0.6 is 0 Å². The average molecular weight is 721 g/mol. The van der Waals surface area contributed by atoms with E-state index in [0.717, 1.165) is 0 Å². The maximum Gasteiger partial charge on any atom is 0.311 e. The summed E-state index contributed by atoms with van der Waals surface area (Å²) in [4.78, 5) is 16.0. The number of ether oxygens (including phenoxy) is 6. The smallest absolute Gasteiger partial charge is 0.311 e. The second kappa shape index (κ2) is 17.0. The Hall–Kier alpha value is -1.01. The third-order valence-corrected chi connectivity index (χ3v) is 11.6. The molecule has 0 aromatic heterocycles. The number of carbonyl (C=O) groups excluding carboxylic acids is 1. The molecule has 294 valence electrons. The summed E-state index contributed by atoms with van der Waals surface area (Å²) in [7, 11) is 3.32. The first-order chi connectivity index (χ1) is 23.0. The van der Waals surface area contributed by atoms with Gasteiger partial charge in [0.1, 0.15) is 30.0 Å². The van der Waals surface area contributed by atoms with E-state index in [-0.39, 0.29) is 31.3 Å². The van der Waals surface area contributed by atoms with Crippen molar-refractivity contribution in [3.63, 3.8) is 0 Å². The van der Waals surface area contributed by atoms with Crippen LogP contribution in [0.2, 0.25) is 0 Å². The lowest BCUT2D eigenvalue weighted by Gasteiger charge is -2.48. The number of hydrogen-bond acceptors (Lipinski definition) is 14. The molecule has 0 radical (unpaired) electrons. The van der Waals surface area contributed by atoms with Crippen molar-refractivity contribution in [3.05, 3.63) is 0 Å². The zero-order valence-corrected chi connectivity index (χ0v) is 32.3. The third-order valence-electron chi connectivity index (χ3n) is 11.6. The van der Waals surface area contributed by atoms with Crippen molar-refractivity contribution >= 4 is 5.97 Å². The van der Waals surface area contributed by atoms with Gasteiger partial charge in [-0.05, 0) is 80.7 Å². The van der Waals surface area contributed by atoms with Gasteiger partial charge in [-0.15, -0.1) is 0 Å². The summed E-state index contributed by atoms with van der Waals surface area (Å²) in [5.74, 6) is -2.64. The second-order valence-electron chi connectivity index (χ2n) is 16.3. The van der Waals surface area contributed by atoms with Gasteiger partial charge in [0.25, 0.3) is 0 Å². The normalized spacial score (nSPS) is 51.0. The van der Waals surface area contributed by atoms with Crippen LogP contribution in [0, 0.1) is 17.8 Å². The molecule has 0 bridgehead atoms. The van der Waals surface area contributed by atoms with Crippen molar-refractivity contribution in [1.29, 1.82) is 0 Å². The van der Waals surface area contributed by atoms with Crippen LogP contribution in [0.5, 0.6) is 0 Å². The van der Waals surface area contributed by atoms with Crippen LogP contribution < -0.4 is 5.73 Å². The minimum absolute atomic E-state index is 0.123. The molecule has 14 heteroatoms. The molecule has 0 unspecified atom stereocenters. The molecule has 3 aliphatic rings. The maximum atomic E-state index is 14.1. The van der Waals surface area contributed by atoms with Gasteiger partial charge in [-0.2, -0.15) is 0 Å². The predicted molar refractivity (Wildman–Crippen MR) is 185 cm³/mol. The number of hydrogen-bond donors (Lipinski definition) is 6. The van der Waals surface area contributed by atoms with E-state index in [1.54, 1.807) is 48.5 Å². The summed E-state index contributed by atoms with van der Waals surface area (Å²) in [6.07, 6.45) is -8.74. The van der Waals surface area contributed by atoms with Crippen molar-refractivity contribution in [2.75, 3.05) is 20.7 Å². The van der Waals surface area contributed by atoms with E-state index >= 15 is 0 Å². The Labute approximate surface area is 298 Å². The Balaban J connectivity index is 2.16. The number of rotatable bonds is 6. The molecule has 0 aromatic carbocycles. The number of methoxy groups -OCH3 is 1. The number of likely N-dealkylation sites (N-methyl/N-ethyl adjacent to an activating group) is 1. The SMILES string of the molecule is CC[C@@H]1OC(=O)[C@H](C)[C@H](O[C@@H]2C[C@](C)(OC)[C@H](O)[C@H](C)O2)[C@@H](C)[C@H](O[C@@H]2O[C@H](C)C[C@H](N)[C@H]2O)[C@](C)(O)C[C@H](C)CN(C)[C@H](C)[C@@H](O)[C@@]1(C)O. The maximum absolute atomic E-state index is 14.1. The molecule has 0 aliphatic carbocycles. The van der Waals surface area contributed by atoms with Gasteiger partial charge in [0.05, 0.1) is 41.5 Å². The van der Waals surface area contributed by atoms with E-state index < -0.39 is 102 Å². The van der Waals surface area contributed by atoms with Crippen molar-refractivity contribution < 1.29 is 58.7 Å². The molecular weight excluding hydrogens is 652 g/mol. The summed E-state index contributed by atoms with van der Waals surface area (Å²) in [5.41, 5.74) is 1.86. The third kappa shape index (κ3) is 9.55. The van der Waals surface area contributed by atoms with E-state index in [1.165, 1.54) is 14.0 Å². The number of nitrogens with zero attached hydrogens (tertiary/aromatic N) is 1. The Morgan fingerprint density at radius 2 is 1.58 bits per heavy atom. The first-order valence-corrected chi connectivity index (χ1v) is 18.3. The number of esters is 1. The predicted octanol–water partition coefficient (Wildman–Crippen LogP) is 1.30. The fourth-order valence-electron chi connectivity index (χ4n) is 8.28. The van der Waals surface area contributed by atoms with Gasteiger partial charge in [0, 0.05) is 38.1 Å². The summed E-state index contributed by atoms with van der Waals surface area (Å²) >= 11 is 0. The molecule has 3 saturated heterocycles. The van der Waals surface area contributed by atoms with E-state index in [0.29, 0.717) is 13.0 Å². The van der Waals surface area contributed by atoms with Crippen LogP contribution in [0.4, 0.5) is 0 Å². The van der Waals surface area contributed by atoms with Crippen molar-refractivity contribution in [3.8, 4) is 0 Å². The second-order valence-corrected chi connectivity index (χ2v) is 16.3.